The molecule has 0 aromatic heterocycles. The molecule has 2 N–H and O–H groups in total. The average molecular weight is 349 g/mol. The van der Waals surface area contributed by atoms with Crippen molar-refractivity contribution in [3.05, 3.63) is 23.8 Å². The summed E-state index contributed by atoms with van der Waals surface area (Å²) >= 11 is 0. The van der Waals surface area contributed by atoms with Crippen molar-refractivity contribution in [2.75, 3.05) is 26.7 Å². The largest absolute Gasteiger partial charge is 0.496 e. The fourth-order valence-corrected chi connectivity index (χ4v) is 3.92. The minimum absolute atomic E-state index is 0. The van der Waals surface area contributed by atoms with Gasteiger partial charge in [0, 0.05) is 13.1 Å². The van der Waals surface area contributed by atoms with Crippen molar-refractivity contribution < 1.29 is 13.2 Å². The predicted octanol–water partition coefficient (Wildman–Crippen LogP) is 2.09. The molecule has 0 spiro atoms. The van der Waals surface area contributed by atoms with Gasteiger partial charge >= 0.3 is 0 Å². The number of aryl methyl sites for hydroxylation is 1. The summed E-state index contributed by atoms with van der Waals surface area (Å²) in [6.45, 7) is 6.26. The van der Waals surface area contributed by atoms with Gasteiger partial charge < -0.3 is 10.1 Å². The maximum atomic E-state index is 12.4. The molecular formula is C15H25ClN2O3S. The van der Waals surface area contributed by atoms with Crippen molar-refractivity contribution >= 4 is 22.4 Å². The number of piperidine rings is 1. The highest BCUT2D eigenvalue weighted by atomic mass is 35.5. The molecule has 0 aliphatic carbocycles. The van der Waals surface area contributed by atoms with Gasteiger partial charge in [0.05, 0.1) is 12.0 Å². The van der Waals surface area contributed by atoms with Crippen molar-refractivity contribution in [1.29, 1.82) is 0 Å². The van der Waals surface area contributed by atoms with Crippen LogP contribution >= 0.6 is 12.4 Å². The third-order valence-electron chi connectivity index (χ3n) is 4.05. The predicted molar refractivity (Wildman–Crippen MR) is 90.4 cm³/mol. The maximum Gasteiger partial charge on any atom is 0.240 e. The Balaban J connectivity index is 0.00000242. The number of methoxy groups -OCH3 is 1. The Morgan fingerprint density at radius 1 is 1.41 bits per heavy atom. The van der Waals surface area contributed by atoms with E-state index in [4.69, 9.17) is 4.74 Å². The number of benzene rings is 1. The highest BCUT2D eigenvalue weighted by molar-refractivity contribution is 7.89. The first kappa shape index (κ1) is 19.2. The van der Waals surface area contributed by atoms with Gasteiger partial charge in [0.25, 0.3) is 0 Å². The summed E-state index contributed by atoms with van der Waals surface area (Å²) in [7, 11) is -1.90. The van der Waals surface area contributed by atoms with Gasteiger partial charge in [-0.1, -0.05) is 6.92 Å². The van der Waals surface area contributed by atoms with E-state index in [1.165, 1.54) is 0 Å². The summed E-state index contributed by atoms with van der Waals surface area (Å²) in [4.78, 5) is 0.285. The van der Waals surface area contributed by atoms with E-state index in [0.717, 1.165) is 31.5 Å². The Morgan fingerprint density at radius 2 is 2.14 bits per heavy atom. The fraction of sp³-hybridized carbons (Fsp3) is 0.600. The van der Waals surface area contributed by atoms with Gasteiger partial charge in [-0.15, -0.1) is 12.4 Å². The van der Waals surface area contributed by atoms with Crippen molar-refractivity contribution in [2.45, 2.75) is 31.6 Å². The van der Waals surface area contributed by atoms with Crippen molar-refractivity contribution in [3.63, 3.8) is 0 Å². The molecule has 1 aliphatic heterocycles. The molecule has 2 rings (SSSR count). The maximum absolute atomic E-state index is 12.4. The second-order valence-electron chi connectivity index (χ2n) is 6.05. The van der Waals surface area contributed by atoms with E-state index in [-0.39, 0.29) is 22.7 Å². The lowest BCUT2D eigenvalue weighted by molar-refractivity contribution is 0.238. The quantitative estimate of drug-likeness (QED) is 0.855. The molecule has 0 saturated carbocycles. The third-order valence-corrected chi connectivity index (χ3v) is 5.45. The molecule has 0 radical (unpaired) electrons. The molecular weight excluding hydrogens is 324 g/mol. The lowest BCUT2D eigenvalue weighted by Crippen LogP contribution is -2.45. The second-order valence-corrected chi connectivity index (χ2v) is 7.81. The van der Waals surface area contributed by atoms with Crippen LogP contribution in [0.25, 0.3) is 0 Å². The first-order chi connectivity index (χ1) is 9.86. The Kier molecular flexibility index (Phi) is 6.67. The summed E-state index contributed by atoms with van der Waals surface area (Å²) in [6, 6.07) is 4.91. The van der Waals surface area contributed by atoms with Crippen LogP contribution in [0.4, 0.5) is 0 Å². The summed E-state index contributed by atoms with van der Waals surface area (Å²) < 4.78 is 32.7. The minimum atomic E-state index is -3.48. The van der Waals surface area contributed by atoms with Crippen LogP contribution in [0.1, 0.15) is 25.3 Å². The highest BCUT2D eigenvalue weighted by Crippen LogP contribution is 2.26. The molecule has 1 heterocycles. The van der Waals surface area contributed by atoms with Crippen LogP contribution < -0.4 is 14.8 Å². The molecule has 1 unspecified atom stereocenters. The molecule has 1 saturated heterocycles. The monoisotopic (exact) mass is 348 g/mol. The van der Waals surface area contributed by atoms with E-state index in [2.05, 4.69) is 17.0 Å². The van der Waals surface area contributed by atoms with Gasteiger partial charge in [0.1, 0.15) is 5.75 Å². The van der Waals surface area contributed by atoms with Gasteiger partial charge in [-0.05, 0) is 55.5 Å². The fourth-order valence-electron chi connectivity index (χ4n) is 2.64. The van der Waals surface area contributed by atoms with Crippen LogP contribution in [0.5, 0.6) is 5.75 Å². The van der Waals surface area contributed by atoms with Crippen molar-refractivity contribution in [3.8, 4) is 5.75 Å². The van der Waals surface area contributed by atoms with E-state index in [9.17, 15) is 8.42 Å². The lowest BCUT2D eigenvalue weighted by atomic mass is 9.83. The SMILES string of the molecule is COc1ccc(S(=O)(=O)NCC2(C)CCCNC2)cc1C.Cl. The lowest BCUT2D eigenvalue weighted by Gasteiger charge is -2.34. The molecule has 1 aromatic carbocycles. The standard InChI is InChI=1S/C15H24N2O3S.ClH/c1-12-9-13(5-6-14(12)20-3)21(18,19)17-11-15(2)7-4-8-16-10-15;/h5-6,9,16-17H,4,7-8,10-11H2,1-3H3;1H. The van der Waals surface area contributed by atoms with Crippen LogP contribution in [0.15, 0.2) is 23.1 Å². The molecule has 126 valence electrons. The summed E-state index contributed by atoms with van der Waals surface area (Å²) in [6.07, 6.45) is 2.12. The first-order valence-electron chi connectivity index (χ1n) is 7.21. The molecule has 1 aromatic rings. The van der Waals surface area contributed by atoms with E-state index in [0.29, 0.717) is 12.3 Å². The molecule has 1 fully saturated rings. The Hall–Kier alpha value is -0.820. The number of nitrogens with one attached hydrogen (secondary N) is 2. The van der Waals surface area contributed by atoms with Gasteiger partial charge in [-0.25, -0.2) is 13.1 Å². The summed E-state index contributed by atoms with van der Waals surface area (Å²) in [5.74, 6) is 0.692. The van der Waals surface area contributed by atoms with Crippen LogP contribution in [0.2, 0.25) is 0 Å². The third kappa shape index (κ3) is 4.59. The molecule has 22 heavy (non-hydrogen) atoms. The van der Waals surface area contributed by atoms with Gasteiger partial charge in [-0.2, -0.15) is 0 Å². The minimum Gasteiger partial charge on any atom is -0.496 e. The van der Waals surface area contributed by atoms with Gasteiger partial charge in [0.15, 0.2) is 0 Å². The number of hydrogen-bond donors (Lipinski definition) is 2. The Bertz CT molecular complexity index is 599. The number of hydrogen-bond acceptors (Lipinski definition) is 4. The van der Waals surface area contributed by atoms with E-state index < -0.39 is 10.0 Å². The number of halogens is 1. The summed E-state index contributed by atoms with van der Waals surface area (Å²) in [5, 5.41) is 3.32. The number of sulfonamides is 1. The van der Waals surface area contributed by atoms with Crippen LogP contribution in [-0.2, 0) is 10.0 Å². The molecule has 0 bridgehead atoms. The van der Waals surface area contributed by atoms with Crippen LogP contribution in [0, 0.1) is 12.3 Å². The summed E-state index contributed by atoms with van der Waals surface area (Å²) in [5.41, 5.74) is 0.790. The van der Waals surface area contributed by atoms with E-state index in [1.54, 1.807) is 25.3 Å². The average Bonchev–Trinajstić information content (AvgIpc) is 2.46. The van der Waals surface area contributed by atoms with Crippen LogP contribution in [0.3, 0.4) is 0 Å². The van der Waals surface area contributed by atoms with Gasteiger partial charge in [-0.3, -0.25) is 0 Å². The van der Waals surface area contributed by atoms with Crippen molar-refractivity contribution in [1.82, 2.24) is 10.0 Å². The van der Waals surface area contributed by atoms with E-state index >= 15 is 0 Å². The Labute approximate surface area is 139 Å². The second kappa shape index (κ2) is 7.64. The zero-order valence-electron chi connectivity index (χ0n) is 13.3. The van der Waals surface area contributed by atoms with Crippen molar-refractivity contribution in [2.24, 2.45) is 5.41 Å². The number of rotatable bonds is 5. The zero-order chi connectivity index (χ0) is 15.5. The zero-order valence-corrected chi connectivity index (χ0v) is 14.9. The first-order valence-corrected chi connectivity index (χ1v) is 8.70. The molecule has 5 nitrogen and oxygen atoms in total. The normalized spacial score (nSPS) is 22.0. The molecule has 0 amide bonds. The van der Waals surface area contributed by atoms with Gasteiger partial charge in [0.2, 0.25) is 10.0 Å². The highest BCUT2D eigenvalue weighted by Gasteiger charge is 2.28. The van der Waals surface area contributed by atoms with E-state index in [1.807, 2.05) is 6.92 Å². The topological polar surface area (TPSA) is 67.4 Å². The number of ether oxygens (including phenoxy) is 1. The molecule has 1 aliphatic rings. The molecule has 1 atom stereocenters. The van der Waals surface area contributed by atoms with Crippen LogP contribution in [-0.4, -0.2) is 35.2 Å². The smallest absolute Gasteiger partial charge is 0.240 e. The Morgan fingerprint density at radius 3 is 2.68 bits per heavy atom. The molecule has 7 heteroatoms.